The van der Waals surface area contributed by atoms with Gasteiger partial charge in [-0.25, -0.2) is 0 Å². The molecule has 1 fully saturated rings. The average Bonchev–Trinajstić information content (AvgIpc) is 3.09. The van der Waals surface area contributed by atoms with Gasteiger partial charge in [-0.1, -0.05) is 6.07 Å². The maximum atomic E-state index is 4.42. The maximum Gasteiger partial charge on any atom is 0.0568 e. The van der Waals surface area contributed by atoms with E-state index in [1.807, 2.05) is 23.1 Å². The first-order valence-electron chi connectivity index (χ1n) is 6.57. The zero-order valence-electron chi connectivity index (χ0n) is 10.5. The van der Waals surface area contributed by atoms with Crippen LogP contribution in [0.2, 0.25) is 0 Å². The topological polar surface area (TPSA) is 34.0 Å². The minimum absolute atomic E-state index is 0.972. The molecular weight excluding hydrogens is 224 g/mol. The second kappa shape index (κ2) is 5.31. The van der Waals surface area contributed by atoms with E-state index in [4.69, 9.17) is 0 Å². The Morgan fingerprint density at radius 2 is 1.94 bits per heavy atom. The highest BCUT2D eigenvalue weighted by atomic mass is 15.3. The Labute approximate surface area is 107 Å². The van der Waals surface area contributed by atoms with E-state index in [-0.39, 0.29) is 0 Å². The fourth-order valence-corrected chi connectivity index (χ4v) is 2.42. The first-order chi connectivity index (χ1) is 8.92. The van der Waals surface area contributed by atoms with Gasteiger partial charge in [-0.15, -0.1) is 0 Å². The summed E-state index contributed by atoms with van der Waals surface area (Å²) in [5, 5.41) is 4.42. The molecule has 0 aliphatic carbocycles. The first kappa shape index (κ1) is 11.4. The molecule has 0 N–H and O–H groups in total. The Bertz CT molecular complexity index is 486. The van der Waals surface area contributed by atoms with Gasteiger partial charge in [0, 0.05) is 36.3 Å². The van der Waals surface area contributed by atoms with Gasteiger partial charge < -0.3 is 4.90 Å². The molecule has 0 aromatic carbocycles. The highest BCUT2D eigenvalue weighted by molar-refractivity contribution is 5.60. The number of aromatic nitrogens is 3. The predicted molar refractivity (Wildman–Crippen MR) is 71.1 cm³/mol. The average molecular weight is 242 g/mol. The van der Waals surface area contributed by atoms with Gasteiger partial charge in [0.05, 0.1) is 12.7 Å². The number of rotatable bonds is 4. The molecule has 4 heteroatoms. The van der Waals surface area contributed by atoms with Crippen LogP contribution in [0.25, 0.3) is 11.1 Å². The van der Waals surface area contributed by atoms with Crippen LogP contribution in [0.3, 0.4) is 0 Å². The van der Waals surface area contributed by atoms with Crippen molar-refractivity contribution in [2.24, 2.45) is 0 Å². The van der Waals surface area contributed by atoms with Crippen LogP contribution in [0.4, 0.5) is 0 Å². The van der Waals surface area contributed by atoms with Crippen molar-refractivity contribution in [3.63, 3.8) is 0 Å². The van der Waals surface area contributed by atoms with Crippen molar-refractivity contribution in [2.45, 2.75) is 19.4 Å². The number of pyridine rings is 1. The zero-order chi connectivity index (χ0) is 12.2. The van der Waals surface area contributed by atoms with Crippen LogP contribution in [-0.4, -0.2) is 39.3 Å². The van der Waals surface area contributed by atoms with Crippen molar-refractivity contribution in [3.05, 3.63) is 36.9 Å². The molecule has 1 saturated heterocycles. The minimum atomic E-state index is 0.972. The summed E-state index contributed by atoms with van der Waals surface area (Å²) in [5.74, 6) is 0. The maximum absolute atomic E-state index is 4.42. The Balaban J connectivity index is 1.63. The van der Waals surface area contributed by atoms with Crippen molar-refractivity contribution < 1.29 is 0 Å². The van der Waals surface area contributed by atoms with E-state index in [2.05, 4.69) is 27.2 Å². The predicted octanol–water partition coefficient (Wildman–Crippen LogP) is 2.04. The Hall–Kier alpha value is -1.68. The Kier molecular flexibility index (Phi) is 3.37. The van der Waals surface area contributed by atoms with Crippen molar-refractivity contribution in [3.8, 4) is 11.1 Å². The number of likely N-dealkylation sites (tertiary alicyclic amines) is 1. The molecule has 0 radical (unpaired) electrons. The van der Waals surface area contributed by atoms with Crippen LogP contribution in [0.5, 0.6) is 0 Å². The molecule has 1 aliphatic heterocycles. The molecule has 94 valence electrons. The van der Waals surface area contributed by atoms with Crippen molar-refractivity contribution >= 4 is 0 Å². The van der Waals surface area contributed by atoms with Gasteiger partial charge in [-0.05, 0) is 32.0 Å². The zero-order valence-corrected chi connectivity index (χ0v) is 10.5. The monoisotopic (exact) mass is 242 g/mol. The lowest BCUT2D eigenvalue weighted by Gasteiger charge is -2.13. The van der Waals surface area contributed by atoms with Crippen LogP contribution >= 0.6 is 0 Å². The summed E-state index contributed by atoms with van der Waals surface area (Å²) in [4.78, 5) is 6.64. The van der Waals surface area contributed by atoms with Gasteiger partial charge >= 0.3 is 0 Å². The smallest absolute Gasteiger partial charge is 0.0568 e. The van der Waals surface area contributed by atoms with Crippen LogP contribution in [-0.2, 0) is 6.54 Å². The largest absolute Gasteiger partial charge is 0.301 e. The van der Waals surface area contributed by atoms with Crippen LogP contribution in [0.1, 0.15) is 12.8 Å². The van der Waals surface area contributed by atoms with Gasteiger partial charge in [0.2, 0.25) is 0 Å². The molecule has 0 saturated carbocycles. The molecule has 0 amide bonds. The van der Waals surface area contributed by atoms with E-state index in [0.717, 1.165) is 24.2 Å². The number of hydrogen-bond donors (Lipinski definition) is 0. The van der Waals surface area contributed by atoms with E-state index < -0.39 is 0 Å². The lowest BCUT2D eigenvalue weighted by atomic mass is 10.2. The summed E-state index contributed by atoms with van der Waals surface area (Å²) in [5.41, 5.74) is 2.27. The number of nitrogens with zero attached hydrogens (tertiary/aromatic N) is 4. The lowest BCUT2D eigenvalue weighted by Crippen LogP contribution is -2.24. The van der Waals surface area contributed by atoms with Gasteiger partial charge in [-0.3, -0.25) is 9.67 Å². The molecule has 0 unspecified atom stereocenters. The van der Waals surface area contributed by atoms with E-state index in [9.17, 15) is 0 Å². The van der Waals surface area contributed by atoms with Gasteiger partial charge in [-0.2, -0.15) is 5.10 Å². The van der Waals surface area contributed by atoms with Crippen LogP contribution < -0.4 is 0 Å². The standard InChI is InChI=1S/C14H18N4/c1-2-7-17(6-1)8-9-18-12-14(11-16-18)13-4-3-5-15-10-13/h3-5,10-12H,1-2,6-9H2. The highest BCUT2D eigenvalue weighted by Gasteiger charge is 2.11. The fourth-order valence-electron chi connectivity index (χ4n) is 2.42. The molecule has 3 heterocycles. The fraction of sp³-hybridized carbons (Fsp3) is 0.429. The molecule has 0 atom stereocenters. The van der Waals surface area contributed by atoms with Gasteiger partial charge in [0.15, 0.2) is 0 Å². The second-order valence-electron chi connectivity index (χ2n) is 4.78. The van der Waals surface area contributed by atoms with E-state index >= 15 is 0 Å². The van der Waals surface area contributed by atoms with Crippen molar-refractivity contribution in [1.82, 2.24) is 19.7 Å². The third-order valence-electron chi connectivity index (χ3n) is 3.47. The van der Waals surface area contributed by atoms with Crippen LogP contribution in [0.15, 0.2) is 36.9 Å². The third-order valence-corrected chi connectivity index (χ3v) is 3.47. The normalized spacial score (nSPS) is 16.2. The Morgan fingerprint density at radius 1 is 1.06 bits per heavy atom. The van der Waals surface area contributed by atoms with Crippen molar-refractivity contribution in [2.75, 3.05) is 19.6 Å². The highest BCUT2D eigenvalue weighted by Crippen LogP contribution is 2.16. The summed E-state index contributed by atoms with van der Waals surface area (Å²) in [6, 6.07) is 4.02. The third kappa shape index (κ3) is 2.59. The summed E-state index contributed by atoms with van der Waals surface area (Å²) < 4.78 is 2.03. The molecule has 0 bridgehead atoms. The second-order valence-corrected chi connectivity index (χ2v) is 4.78. The summed E-state index contributed by atoms with van der Waals surface area (Å²) in [6.07, 6.45) is 10.4. The minimum Gasteiger partial charge on any atom is -0.301 e. The molecule has 18 heavy (non-hydrogen) atoms. The molecular formula is C14H18N4. The van der Waals surface area contributed by atoms with E-state index in [0.29, 0.717) is 0 Å². The first-order valence-corrected chi connectivity index (χ1v) is 6.57. The molecule has 4 nitrogen and oxygen atoms in total. The van der Waals surface area contributed by atoms with Crippen LogP contribution in [0, 0.1) is 0 Å². The Morgan fingerprint density at radius 3 is 2.72 bits per heavy atom. The molecule has 2 aromatic rings. The van der Waals surface area contributed by atoms with Gasteiger partial charge in [0.1, 0.15) is 0 Å². The molecule has 3 rings (SSSR count). The van der Waals surface area contributed by atoms with Crippen molar-refractivity contribution in [1.29, 1.82) is 0 Å². The summed E-state index contributed by atoms with van der Waals surface area (Å²) in [7, 11) is 0. The quantitative estimate of drug-likeness (QED) is 0.822. The lowest BCUT2D eigenvalue weighted by molar-refractivity contribution is 0.316. The van der Waals surface area contributed by atoms with E-state index in [1.165, 1.54) is 25.9 Å². The SMILES string of the molecule is c1cncc(-c2cnn(CCN3CCCC3)c2)c1. The van der Waals surface area contributed by atoms with E-state index in [1.54, 1.807) is 6.20 Å². The van der Waals surface area contributed by atoms with Gasteiger partial charge in [0.25, 0.3) is 0 Å². The molecule has 0 spiro atoms. The molecule has 2 aromatic heterocycles. The number of hydrogen-bond acceptors (Lipinski definition) is 3. The molecule has 1 aliphatic rings. The summed E-state index contributed by atoms with van der Waals surface area (Å²) >= 11 is 0. The summed E-state index contributed by atoms with van der Waals surface area (Å²) in [6.45, 7) is 4.57.